The fourth-order valence-electron chi connectivity index (χ4n) is 1.91. The number of carbonyl (C=O) groups excluding carboxylic acids is 2. The Hall–Kier alpha value is -2.89. The molecule has 114 valence electrons. The summed E-state index contributed by atoms with van der Waals surface area (Å²) in [6.45, 7) is 0. The molecule has 0 aromatic heterocycles. The van der Waals surface area contributed by atoms with E-state index < -0.39 is 6.03 Å². The summed E-state index contributed by atoms with van der Waals surface area (Å²) in [6, 6.07) is 12.0. The van der Waals surface area contributed by atoms with Gasteiger partial charge in [-0.05, 0) is 48.4 Å². The number of urea groups is 1. The van der Waals surface area contributed by atoms with Gasteiger partial charge >= 0.3 is 6.03 Å². The van der Waals surface area contributed by atoms with Crippen LogP contribution in [0.4, 0.5) is 20.6 Å². The number of amides is 3. The maximum atomic E-state index is 12.8. The monoisotopic (exact) mass is 301 g/mol. The van der Waals surface area contributed by atoms with E-state index in [9.17, 15) is 14.0 Å². The van der Waals surface area contributed by atoms with E-state index in [1.165, 1.54) is 12.1 Å². The van der Waals surface area contributed by atoms with Crippen molar-refractivity contribution in [1.29, 1.82) is 0 Å². The molecule has 5 nitrogen and oxygen atoms in total. The van der Waals surface area contributed by atoms with Gasteiger partial charge in [0, 0.05) is 17.8 Å². The number of rotatable bonds is 5. The molecule has 2 aromatic carbocycles. The van der Waals surface area contributed by atoms with Crippen LogP contribution < -0.4 is 16.4 Å². The minimum atomic E-state index is -0.643. The predicted octanol–water partition coefficient (Wildman–Crippen LogP) is 2.89. The summed E-state index contributed by atoms with van der Waals surface area (Å²) in [7, 11) is 0. The van der Waals surface area contributed by atoms with E-state index in [4.69, 9.17) is 5.73 Å². The van der Waals surface area contributed by atoms with Crippen LogP contribution in [0.3, 0.4) is 0 Å². The quantitative estimate of drug-likeness (QED) is 0.793. The van der Waals surface area contributed by atoms with Crippen molar-refractivity contribution < 1.29 is 14.0 Å². The number of halogens is 1. The molecule has 0 radical (unpaired) electrons. The van der Waals surface area contributed by atoms with Gasteiger partial charge in [-0.3, -0.25) is 4.79 Å². The summed E-state index contributed by atoms with van der Waals surface area (Å²) in [6.07, 6.45) is 0.834. The molecular weight excluding hydrogens is 285 g/mol. The van der Waals surface area contributed by atoms with Gasteiger partial charge in [0.05, 0.1) is 0 Å². The molecule has 0 heterocycles. The minimum Gasteiger partial charge on any atom is -0.351 e. The number of hydrogen-bond donors (Lipinski definition) is 3. The molecule has 2 rings (SSSR count). The zero-order valence-corrected chi connectivity index (χ0v) is 11.8. The lowest BCUT2D eigenvalue weighted by Gasteiger charge is -2.07. The summed E-state index contributed by atoms with van der Waals surface area (Å²) < 4.78 is 12.8. The fourth-order valence-corrected chi connectivity index (χ4v) is 1.91. The van der Waals surface area contributed by atoms with Crippen molar-refractivity contribution >= 4 is 23.3 Å². The highest BCUT2D eigenvalue weighted by atomic mass is 19.1. The zero-order chi connectivity index (χ0) is 15.9. The molecule has 0 saturated carbocycles. The van der Waals surface area contributed by atoms with Crippen LogP contribution in [-0.4, -0.2) is 11.9 Å². The lowest BCUT2D eigenvalue weighted by Crippen LogP contribution is -2.19. The van der Waals surface area contributed by atoms with Crippen molar-refractivity contribution in [3.63, 3.8) is 0 Å². The summed E-state index contributed by atoms with van der Waals surface area (Å²) in [5, 5.41) is 5.18. The topological polar surface area (TPSA) is 84.2 Å². The van der Waals surface area contributed by atoms with Gasteiger partial charge in [-0.1, -0.05) is 12.1 Å². The molecule has 0 unspecified atom stereocenters. The van der Waals surface area contributed by atoms with Crippen molar-refractivity contribution in [3.05, 3.63) is 59.9 Å². The Bertz CT molecular complexity index is 654. The van der Waals surface area contributed by atoms with E-state index in [0.717, 1.165) is 5.56 Å². The molecule has 0 fully saturated rings. The van der Waals surface area contributed by atoms with Gasteiger partial charge in [-0.2, -0.15) is 0 Å². The molecule has 0 atom stereocenters. The number of benzene rings is 2. The summed E-state index contributed by atoms with van der Waals surface area (Å²) in [5.74, 6) is -0.433. The van der Waals surface area contributed by atoms with E-state index in [2.05, 4.69) is 10.6 Å². The first kappa shape index (κ1) is 15.5. The van der Waals surface area contributed by atoms with Crippen LogP contribution in [0.2, 0.25) is 0 Å². The van der Waals surface area contributed by atoms with Crippen molar-refractivity contribution in [1.82, 2.24) is 0 Å². The van der Waals surface area contributed by atoms with Gasteiger partial charge in [0.2, 0.25) is 5.91 Å². The van der Waals surface area contributed by atoms with Crippen molar-refractivity contribution in [2.45, 2.75) is 12.8 Å². The molecule has 22 heavy (non-hydrogen) atoms. The van der Waals surface area contributed by atoms with Crippen molar-refractivity contribution in [2.24, 2.45) is 5.73 Å². The number of nitrogens with two attached hydrogens (primary N) is 1. The van der Waals surface area contributed by atoms with E-state index in [-0.39, 0.29) is 11.7 Å². The van der Waals surface area contributed by atoms with Gasteiger partial charge in [0.25, 0.3) is 0 Å². The second-order valence-electron chi connectivity index (χ2n) is 4.74. The van der Waals surface area contributed by atoms with Crippen LogP contribution in [0, 0.1) is 5.82 Å². The molecule has 4 N–H and O–H groups in total. The molecule has 0 saturated heterocycles. The van der Waals surface area contributed by atoms with Crippen LogP contribution >= 0.6 is 0 Å². The number of hydrogen-bond acceptors (Lipinski definition) is 2. The van der Waals surface area contributed by atoms with Crippen LogP contribution in [-0.2, 0) is 11.2 Å². The summed E-state index contributed by atoms with van der Waals surface area (Å²) in [5.41, 5.74) is 7.08. The second kappa shape index (κ2) is 7.21. The highest BCUT2D eigenvalue weighted by Gasteiger charge is 2.04. The smallest absolute Gasteiger partial charge is 0.316 e. The Morgan fingerprint density at radius 2 is 1.45 bits per heavy atom. The maximum absolute atomic E-state index is 12.8. The highest BCUT2D eigenvalue weighted by molar-refractivity contribution is 5.92. The van der Waals surface area contributed by atoms with E-state index in [1.54, 1.807) is 36.4 Å². The average molecular weight is 301 g/mol. The number of carbonyl (C=O) groups is 2. The Morgan fingerprint density at radius 1 is 0.909 bits per heavy atom. The standard InChI is InChI=1S/C16H16FN3O2/c17-12-4-1-11(2-5-12)3-10-15(21)19-13-6-8-14(9-7-13)20-16(18)22/h1-2,4-9H,3,10H2,(H,19,21)(H3,18,20,22). The van der Waals surface area contributed by atoms with Crippen LogP contribution in [0.5, 0.6) is 0 Å². The number of aryl methyl sites for hydroxylation is 1. The lowest BCUT2D eigenvalue weighted by atomic mass is 10.1. The molecule has 3 amide bonds. The van der Waals surface area contributed by atoms with Gasteiger partial charge in [-0.15, -0.1) is 0 Å². The van der Waals surface area contributed by atoms with Gasteiger partial charge in [0.1, 0.15) is 5.82 Å². The first-order chi connectivity index (χ1) is 10.5. The Morgan fingerprint density at radius 3 is 2.00 bits per heavy atom. The fraction of sp³-hybridized carbons (Fsp3) is 0.125. The number of primary amides is 1. The third-order valence-electron chi connectivity index (χ3n) is 2.99. The Labute approximate surface area is 127 Å². The van der Waals surface area contributed by atoms with Crippen molar-refractivity contribution in [2.75, 3.05) is 10.6 Å². The minimum absolute atomic E-state index is 0.139. The van der Waals surface area contributed by atoms with E-state index in [1.807, 2.05) is 0 Å². The lowest BCUT2D eigenvalue weighted by molar-refractivity contribution is -0.116. The molecule has 0 aliphatic carbocycles. The van der Waals surface area contributed by atoms with Crippen LogP contribution in [0.25, 0.3) is 0 Å². The third kappa shape index (κ3) is 4.90. The predicted molar refractivity (Wildman–Crippen MR) is 83.0 cm³/mol. The van der Waals surface area contributed by atoms with E-state index >= 15 is 0 Å². The molecular formula is C16H16FN3O2. The SMILES string of the molecule is NC(=O)Nc1ccc(NC(=O)CCc2ccc(F)cc2)cc1. The first-order valence-corrected chi connectivity index (χ1v) is 6.74. The molecule has 0 aliphatic rings. The highest BCUT2D eigenvalue weighted by Crippen LogP contribution is 2.14. The normalized spacial score (nSPS) is 10.0. The largest absolute Gasteiger partial charge is 0.351 e. The number of anilines is 2. The molecule has 0 spiro atoms. The van der Waals surface area contributed by atoms with Crippen LogP contribution in [0.15, 0.2) is 48.5 Å². The van der Waals surface area contributed by atoms with Gasteiger partial charge in [0.15, 0.2) is 0 Å². The zero-order valence-electron chi connectivity index (χ0n) is 11.8. The molecule has 0 aliphatic heterocycles. The second-order valence-corrected chi connectivity index (χ2v) is 4.74. The molecule has 0 bridgehead atoms. The molecule has 6 heteroatoms. The van der Waals surface area contributed by atoms with E-state index in [0.29, 0.717) is 24.2 Å². The Kier molecular flexibility index (Phi) is 5.08. The van der Waals surface area contributed by atoms with Gasteiger partial charge < -0.3 is 16.4 Å². The van der Waals surface area contributed by atoms with Crippen molar-refractivity contribution in [3.8, 4) is 0 Å². The van der Waals surface area contributed by atoms with Gasteiger partial charge in [-0.25, -0.2) is 9.18 Å². The first-order valence-electron chi connectivity index (χ1n) is 6.74. The Balaban J connectivity index is 1.83. The average Bonchev–Trinajstić information content (AvgIpc) is 2.48. The third-order valence-corrected chi connectivity index (χ3v) is 2.99. The summed E-state index contributed by atoms with van der Waals surface area (Å²) >= 11 is 0. The molecule has 2 aromatic rings. The maximum Gasteiger partial charge on any atom is 0.316 e. The van der Waals surface area contributed by atoms with Crippen LogP contribution in [0.1, 0.15) is 12.0 Å². The number of nitrogens with one attached hydrogen (secondary N) is 2. The summed E-state index contributed by atoms with van der Waals surface area (Å²) in [4.78, 5) is 22.5.